The van der Waals surface area contributed by atoms with E-state index in [4.69, 9.17) is 16.3 Å². The monoisotopic (exact) mass is 386 g/mol. The van der Waals surface area contributed by atoms with Crippen molar-refractivity contribution in [3.05, 3.63) is 52.2 Å². The van der Waals surface area contributed by atoms with E-state index in [1.54, 1.807) is 6.07 Å². The Kier molecular flexibility index (Phi) is 5.27. The number of hydrogen-bond acceptors (Lipinski definition) is 6. The fourth-order valence-corrected chi connectivity index (χ4v) is 4.09. The molecule has 27 heavy (non-hydrogen) atoms. The van der Waals surface area contributed by atoms with E-state index in [-0.39, 0.29) is 5.97 Å². The number of benzene rings is 1. The molecule has 2 heterocycles. The Morgan fingerprint density at radius 3 is 2.59 bits per heavy atom. The highest BCUT2D eigenvalue weighted by Gasteiger charge is 2.30. The number of halogens is 1. The highest BCUT2D eigenvalue weighted by Crippen LogP contribution is 2.28. The topological polar surface area (TPSA) is 58.6 Å². The van der Waals surface area contributed by atoms with E-state index in [1.807, 2.05) is 25.1 Å². The minimum absolute atomic E-state index is 0.235. The summed E-state index contributed by atoms with van der Waals surface area (Å²) >= 11 is 5.82. The molecule has 1 aliphatic heterocycles. The van der Waals surface area contributed by atoms with Gasteiger partial charge in [0.25, 0.3) is 0 Å². The molecule has 0 amide bonds. The number of ether oxygens (including phenoxy) is 1. The zero-order valence-corrected chi connectivity index (χ0v) is 16.2. The smallest absolute Gasteiger partial charge is 0.338 e. The summed E-state index contributed by atoms with van der Waals surface area (Å²) in [5, 5.41) is 8.54. The molecule has 1 unspecified atom stereocenters. The van der Waals surface area contributed by atoms with Gasteiger partial charge in [-0.2, -0.15) is 0 Å². The second-order valence-electron chi connectivity index (χ2n) is 7.00. The molecule has 142 valence electrons. The average molecular weight is 387 g/mol. The Morgan fingerprint density at radius 1 is 1.11 bits per heavy atom. The number of aromatic nitrogens is 2. The zero-order valence-electron chi connectivity index (χ0n) is 15.4. The van der Waals surface area contributed by atoms with Crippen LogP contribution in [0.3, 0.4) is 0 Å². The normalized spacial score (nSPS) is 19.8. The van der Waals surface area contributed by atoms with Gasteiger partial charge in [-0.3, -0.25) is 4.90 Å². The Morgan fingerprint density at radius 2 is 1.89 bits per heavy atom. The lowest BCUT2D eigenvalue weighted by Gasteiger charge is -2.38. The van der Waals surface area contributed by atoms with Crippen LogP contribution in [0, 0.1) is 0 Å². The molecule has 2 aromatic rings. The highest BCUT2D eigenvalue weighted by molar-refractivity contribution is 6.29. The molecule has 0 N–H and O–H groups in total. The molecule has 1 atom stereocenters. The summed E-state index contributed by atoms with van der Waals surface area (Å²) in [5.41, 5.74) is 3.28. The van der Waals surface area contributed by atoms with Crippen molar-refractivity contribution in [3.8, 4) is 0 Å². The summed E-state index contributed by atoms with van der Waals surface area (Å²) in [6.45, 7) is 6.08. The third-order valence-corrected chi connectivity index (χ3v) is 5.60. The molecule has 1 fully saturated rings. The molecule has 1 aromatic carbocycles. The first-order chi connectivity index (χ1) is 13.1. The van der Waals surface area contributed by atoms with Crippen molar-refractivity contribution in [3.63, 3.8) is 0 Å². The number of piperazine rings is 1. The van der Waals surface area contributed by atoms with E-state index in [0.717, 1.165) is 44.8 Å². The molecular formula is C20H23ClN4O2. The molecule has 0 radical (unpaired) electrons. The Hall–Kier alpha value is -2.18. The van der Waals surface area contributed by atoms with Gasteiger partial charge in [-0.1, -0.05) is 17.7 Å². The predicted octanol–water partition coefficient (Wildman–Crippen LogP) is 2.60. The van der Waals surface area contributed by atoms with Gasteiger partial charge in [-0.15, -0.1) is 10.2 Å². The SMILES string of the molecule is CCOC(=O)c1ccc2c(c1)CC(N1CCN(c3ccc(Cl)nn3)CC1)C2. The quantitative estimate of drug-likeness (QED) is 0.753. The van der Waals surface area contributed by atoms with Gasteiger partial charge in [-0.25, -0.2) is 4.79 Å². The second-order valence-corrected chi connectivity index (χ2v) is 7.39. The van der Waals surface area contributed by atoms with Crippen LogP contribution in [-0.4, -0.2) is 59.9 Å². The predicted molar refractivity (Wildman–Crippen MR) is 104 cm³/mol. The standard InChI is InChI=1S/C20H23ClN4O2/c1-2-27-20(26)15-4-3-14-12-17(13-16(14)11-15)24-7-9-25(10-8-24)19-6-5-18(21)22-23-19/h3-6,11,17H,2,7-10,12-13H2,1H3. The molecule has 0 saturated carbocycles. The molecule has 7 heteroatoms. The van der Waals surface area contributed by atoms with Crippen LogP contribution in [0.15, 0.2) is 30.3 Å². The molecule has 1 aromatic heterocycles. The molecule has 0 spiro atoms. The first-order valence-electron chi connectivity index (χ1n) is 9.41. The lowest BCUT2D eigenvalue weighted by atomic mass is 10.1. The van der Waals surface area contributed by atoms with Gasteiger partial charge in [-0.05, 0) is 55.2 Å². The number of rotatable bonds is 4. The largest absolute Gasteiger partial charge is 0.462 e. The maximum absolute atomic E-state index is 12.0. The summed E-state index contributed by atoms with van der Waals surface area (Å²) in [5.74, 6) is 0.647. The summed E-state index contributed by atoms with van der Waals surface area (Å²) in [6.07, 6.45) is 2.03. The molecule has 2 aliphatic rings. The Bertz CT molecular complexity index is 819. The molecule has 4 rings (SSSR count). The van der Waals surface area contributed by atoms with Crippen molar-refractivity contribution in [2.24, 2.45) is 0 Å². The van der Waals surface area contributed by atoms with E-state index >= 15 is 0 Å². The van der Waals surface area contributed by atoms with Crippen LogP contribution in [-0.2, 0) is 17.6 Å². The third-order valence-electron chi connectivity index (χ3n) is 5.40. The molecule has 1 saturated heterocycles. The van der Waals surface area contributed by atoms with Crippen LogP contribution < -0.4 is 4.90 Å². The van der Waals surface area contributed by atoms with Crippen molar-refractivity contribution < 1.29 is 9.53 Å². The Labute approximate surface area is 164 Å². The van der Waals surface area contributed by atoms with E-state index in [2.05, 4.69) is 26.1 Å². The summed E-state index contributed by atoms with van der Waals surface area (Å²) < 4.78 is 5.12. The van der Waals surface area contributed by atoms with Gasteiger partial charge in [0.05, 0.1) is 12.2 Å². The first-order valence-corrected chi connectivity index (χ1v) is 9.79. The number of fused-ring (bicyclic) bond motifs is 1. The lowest BCUT2D eigenvalue weighted by molar-refractivity contribution is 0.0526. The first kappa shape index (κ1) is 18.2. The van der Waals surface area contributed by atoms with E-state index in [1.165, 1.54) is 11.1 Å². The number of carbonyl (C=O) groups excluding carboxylic acids is 1. The average Bonchev–Trinajstić information content (AvgIpc) is 3.12. The van der Waals surface area contributed by atoms with Crippen LogP contribution >= 0.6 is 11.6 Å². The molecular weight excluding hydrogens is 364 g/mol. The van der Waals surface area contributed by atoms with E-state index in [9.17, 15) is 4.79 Å². The Balaban J connectivity index is 1.37. The third kappa shape index (κ3) is 3.92. The molecule has 6 nitrogen and oxygen atoms in total. The number of anilines is 1. The lowest BCUT2D eigenvalue weighted by Crippen LogP contribution is -2.51. The summed E-state index contributed by atoms with van der Waals surface area (Å²) in [7, 11) is 0. The summed E-state index contributed by atoms with van der Waals surface area (Å²) in [4.78, 5) is 16.8. The van der Waals surface area contributed by atoms with Gasteiger partial charge in [0.2, 0.25) is 0 Å². The van der Waals surface area contributed by atoms with Crippen molar-refractivity contribution in [1.82, 2.24) is 15.1 Å². The van der Waals surface area contributed by atoms with Gasteiger partial charge in [0, 0.05) is 32.2 Å². The van der Waals surface area contributed by atoms with Crippen LogP contribution in [0.4, 0.5) is 5.82 Å². The van der Waals surface area contributed by atoms with E-state index in [0.29, 0.717) is 23.4 Å². The van der Waals surface area contributed by atoms with E-state index < -0.39 is 0 Å². The van der Waals surface area contributed by atoms with Gasteiger partial charge >= 0.3 is 5.97 Å². The zero-order chi connectivity index (χ0) is 18.8. The maximum Gasteiger partial charge on any atom is 0.338 e. The number of esters is 1. The van der Waals surface area contributed by atoms with Crippen LogP contribution in [0.25, 0.3) is 0 Å². The number of nitrogens with zero attached hydrogens (tertiary/aromatic N) is 4. The van der Waals surface area contributed by atoms with Crippen LogP contribution in [0.1, 0.15) is 28.4 Å². The highest BCUT2D eigenvalue weighted by atomic mass is 35.5. The number of hydrogen-bond donors (Lipinski definition) is 0. The van der Waals surface area contributed by atoms with Crippen LogP contribution in [0.5, 0.6) is 0 Å². The van der Waals surface area contributed by atoms with Crippen molar-refractivity contribution in [2.75, 3.05) is 37.7 Å². The van der Waals surface area contributed by atoms with Crippen LogP contribution in [0.2, 0.25) is 5.15 Å². The fraction of sp³-hybridized carbons (Fsp3) is 0.450. The molecule has 1 aliphatic carbocycles. The molecule has 0 bridgehead atoms. The van der Waals surface area contributed by atoms with Crippen molar-refractivity contribution >= 4 is 23.4 Å². The van der Waals surface area contributed by atoms with Crippen molar-refractivity contribution in [2.45, 2.75) is 25.8 Å². The van der Waals surface area contributed by atoms with Gasteiger partial charge in [0.15, 0.2) is 11.0 Å². The maximum atomic E-state index is 12.0. The number of carbonyl (C=O) groups is 1. The van der Waals surface area contributed by atoms with Crippen molar-refractivity contribution in [1.29, 1.82) is 0 Å². The fourth-order valence-electron chi connectivity index (χ4n) is 3.99. The minimum atomic E-state index is -0.235. The van der Waals surface area contributed by atoms with Gasteiger partial charge in [0.1, 0.15) is 0 Å². The second kappa shape index (κ2) is 7.82. The van der Waals surface area contributed by atoms with Gasteiger partial charge < -0.3 is 9.64 Å². The minimum Gasteiger partial charge on any atom is -0.462 e. The summed E-state index contributed by atoms with van der Waals surface area (Å²) in [6, 6.07) is 10.2.